The van der Waals surface area contributed by atoms with Crippen LogP contribution in [0.2, 0.25) is 5.02 Å². The molecule has 7 heteroatoms. The van der Waals surface area contributed by atoms with Crippen LogP contribution >= 0.6 is 11.6 Å². The molecule has 0 aliphatic carbocycles. The van der Waals surface area contributed by atoms with Crippen LogP contribution in [0.15, 0.2) is 72.1 Å². The number of nitrogens with zero attached hydrogens (tertiary/aromatic N) is 1. The van der Waals surface area contributed by atoms with Gasteiger partial charge in [-0.25, -0.2) is 0 Å². The molecular weight excluding hydrogens is 416 g/mol. The average Bonchev–Trinajstić information content (AvgIpc) is 2.77. The predicted octanol–water partition coefficient (Wildman–Crippen LogP) is 4.85. The zero-order valence-corrected chi connectivity index (χ0v) is 17.4. The van der Waals surface area contributed by atoms with Gasteiger partial charge in [-0.2, -0.15) is 5.26 Å². The summed E-state index contributed by atoms with van der Waals surface area (Å²) in [5.41, 5.74) is 8.75. The lowest BCUT2D eigenvalue weighted by Crippen LogP contribution is -2.21. The SMILES string of the molecule is COc1cc(C2C(C#N)=C(N)Oc3cc(O)ccc32)ccc1OCc1ccc(Cl)cc1. The fourth-order valence-corrected chi connectivity index (χ4v) is 3.64. The van der Waals surface area contributed by atoms with Crippen LogP contribution in [0.3, 0.4) is 0 Å². The average molecular weight is 435 g/mol. The van der Waals surface area contributed by atoms with E-state index in [2.05, 4.69) is 6.07 Å². The first kappa shape index (κ1) is 20.5. The van der Waals surface area contributed by atoms with E-state index in [4.69, 9.17) is 31.5 Å². The van der Waals surface area contributed by atoms with Gasteiger partial charge >= 0.3 is 0 Å². The van der Waals surface area contributed by atoms with E-state index in [1.54, 1.807) is 37.4 Å². The molecule has 0 saturated carbocycles. The summed E-state index contributed by atoms with van der Waals surface area (Å²) in [6.45, 7) is 0.350. The monoisotopic (exact) mass is 434 g/mol. The zero-order valence-electron chi connectivity index (χ0n) is 16.6. The minimum absolute atomic E-state index is 0.00707. The molecular formula is C24H19ClN2O4. The first-order valence-corrected chi connectivity index (χ1v) is 9.83. The fourth-order valence-electron chi connectivity index (χ4n) is 3.51. The summed E-state index contributed by atoms with van der Waals surface area (Å²) in [7, 11) is 1.56. The number of ether oxygens (including phenoxy) is 3. The molecule has 31 heavy (non-hydrogen) atoms. The highest BCUT2D eigenvalue weighted by atomic mass is 35.5. The first-order chi connectivity index (χ1) is 15.0. The van der Waals surface area contributed by atoms with Gasteiger partial charge in [0.2, 0.25) is 5.88 Å². The van der Waals surface area contributed by atoms with Crippen LogP contribution in [0, 0.1) is 11.3 Å². The number of fused-ring (bicyclic) bond motifs is 1. The lowest BCUT2D eigenvalue weighted by Gasteiger charge is -2.27. The lowest BCUT2D eigenvalue weighted by atomic mass is 9.83. The molecule has 6 nitrogen and oxygen atoms in total. The van der Waals surface area contributed by atoms with Crippen LogP contribution in [0.5, 0.6) is 23.0 Å². The Morgan fingerprint density at radius 2 is 1.87 bits per heavy atom. The Morgan fingerprint density at radius 1 is 1.10 bits per heavy atom. The van der Waals surface area contributed by atoms with Gasteiger partial charge in [0.25, 0.3) is 0 Å². The van der Waals surface area contributed by atoms with Gasteiger partial charge in [-0.15, -0.1) is 0 Å². The van der Waals surface area contributed by atoms with Gasteiger partial charge in [-0.05, 0) is 41.5 Å². The van der Waals surface area contributed by atoms with E-state index in [1.165, 1.54) is 6.07 Å². The largest absolute Gasteiger partial charge is 0.508 e. The van der Waals surface area contributed by atoms with E-state index in [9.17, 15) is 10.4 Å². The van der Waals surface area contributed by atoms with Crippen LogP contribution in [0.1, 0.15) is 22.6 Å². The smallest absolute Gasteiger partial charge is 0.205 e. The molecule has 156 valence electrons. The second kappa shape index (κ2) is 8.50. The van der Waals surface area contributed by atoms with Crippen LogP contribution in [0.4, 0.5) is 0 Å². The number of hydrogen-bond acceptors (Lipinski definition) is 6. The quantitative estimate of drug-likeness (QED) is 0.595. The number of hydrogen-bond donors (Lipinski definition) is 2. The maximum absolute atomic E-state index is 9.80. The molecule has 0 radical (unpaired) electrons. The van der Waals surface area contributed by atoms with E-state index >= 15 is 0 Å². The Hall–Kier alpha value is -3.82. The maximum atomic E-state index is 9.80. The number of halogens is 1. The molecule has 1 atom stereocenters. The number of phenols is 1. The highest BCUT2D eigenvalue weighted by Crippen LogP contribution is 2.45. The minimum atomic E-state index is -0.464. The molecule has 1 heterocycles. The lowest BCUT2D eigenvalue weighted by molar-refractivity contribution is 0.284. The van der Waals surface area contributed by atoms with Crippen molar-refractivity contribution < 1.29 is 19.3 Å². The number of aromatic hydroxyl groups is 1. The highest BCUT2D eigenvalue weighted by Gasteiger charge is 2.31. The van der Waals surface area contributed by atoms with Crippen molar-refractivity contribution in [1.29, 1.82) is 5.26 Å². The van der Waals surface area contributed by atoms with Crippen molar-refractivity contribution in [2.24, 2.45) is 5.73 Å². The molecule has 0 fully saturated rings. The molecule has 0 spiro atoms. The number of nitriles is 1. The van der Waals surface area contributed by atoms with Crippen LogP contribution in [0.25, 0.3) is 0 Å². The van der Waals surface area contributed by atoms with Gasteiger partial charge in [0, 0.05) is 16.7 Å². The van der Waals surface area contributed by atoms with Crippen molar-refractivity contribution in [1.82, 2.24) is 0 Å². The molecule has 1 aliphatic rings. The summed E-state index contributed by atoms with van der Waals surface area (Å²) < 4.78 is 17.0. The van der Waals surface area contributed by atoms with E-state index < -0.39 is 5.92 Å². The molecule has 3 aromatic carbocycles. The molecule has 0 saturated heterocycles. The normalized spacial score (nSPS) is 14.9. The van der Waals surface area contributed by atoms with E-state index in [0.717, 1.165) is 16.7 Å². The Bertz CT molecular complexity index is 1200. The minimum Gasteiger partial charge on any atom is -0.508 e. The molecule has 4 rings (SSSR count). The molecule has 3 aromatic rings. The molecule has 1 aliphatic heterocycles. The number of methoxy groups -OCH3 is 1. The number of nitrogens with two attached hydrogens (primary N) is 1. The van der Waals surface area contributed by atoms with Crippen molar-refractivity contribution in [3.63, 3.8) is 0 Å². The summed E-state index contributed by atoms with van der Waals surface area (Å²) in [5, 5.41) is 20.2. The number of benzene rings is 3. The second-order valence-electron chi connectivity index (χ2n) is 6.97. The highest BCUT2D eigenvalue weighted by molar-refractivity contribution is 6.30. The summed E-state index contributed by atoms with van der Waals surface area (Å²) in [6, 6.07) is 19.8. The number of allylic oxidation sites excluding steroid dienone is 1. The number of phenolic OH excluding ortho intramolecular Hbond substituents is 1. The van der Waals surface area contributed by atoms with Crippen molar-refractivity contribution in [3.8, 4) is 29.1 Å². The third-order valence-electron chi connectivity index (χ3n) is 5.03. The zero-order chi connectivity index (χ0) is 22.0. The van der Waals surface area contributed by atoms with Crippen molar-refractivity contribution >= 4 is 11.6 Å². The topological polar surface area (TPSA) is 97.7 Å². The van der Waals surface area contributed by atoms with Crippen molar-refractivity contribution in [2.45, 2.75) is 12.5 Å². The Morgan fingerprint density at radius 3 is 2.58 bits per heavy atom. The third kappa shape index (κ3) is 4.09. The second-order valence-corrected chi connectivity index (χ2v) is 7.41. The van der Waals surface area contributed by atoms with Crippen LogP contribution in [-0.2, 0) is 6.61 Å². The molecule has 3 N–H and O–H groups in total. The molecule has 1 unspecified atom stereocenters. The summed E-state index contributed by atoms with van der Waals surface area (Å²) in [5.74, 6) is 1.09. The van der Waals surface area contributed by atoms with E-state index in [-0.39, 0.29) is 17.2 Å². The number of rotatable bonds is 5. The molecule has 0 bridgehead atoms. The van der Waals surface area contributed by atoms with Crippen LogP contribution in [-0.4, -0.2) is 12.2 Å². The summed E-state index contributed by atoms with van der Waals surface area (Å²) >= 11 is 5.93. The predicted molar refractivity (Wildman–Crippen MR) is 116 cm³/mol. The summed E-state index contributed by atoms with van der Waals surface area (Å²) in [4.78, 5) is 0. The van der Waals surface area contributed by atoms with E-state index in [1.807, 2.05) is 24.3 Å². The standard InChI is InChI=1S/C24H19ClN2O4/c1-29-22-10-15(4-9-20(22)30-13-14-2-5-16(25)6-3-14)23-18-8-7-17(28)11-21(18)31-24(27)19(23)12-26/h2-11,23,28H,13,27H2,1H3. The Balaban J connectivity index is 1.68. The molecule has 0 amide bonds. The van der Waals surface area contributed by atoms with Crippen LogP contribution < -0.4 is 19.9 Å². The third-order valence-corrected chi connectivity index (χ3v) is 5.28. The van der Waals surface area contributed by atoms with Crippen molar-refractivity contribution in [2.75, 3.05) is 7.11 Å². The van der Waals surface area contributed by atoms with Gasteiger partial charge in [-0.3, -0.25) is 0 Å². The maximum Gasteiger partial charge on any atom is 0.205 e. The van der Waals surface area contributed by atoms with Gasteiger partial charge in [-0.1, -0.05) is 35.9 Å². The first-order valence-electron chi connectivity index (χ1n) is 9.46. The Kier molecular flexibility index (Phi) is 5.61. The molecule has 0 aromatic heterocycles. The fraction of sp³-hybridized carbons (Fsp3) is 0.125. The van der Waals surface area contributed by atoms with Crippen molar-refractivity contribution in [3.05, 3.63) is 93.8 Å². The van der Waals surface area contributed by atoms with Gasteiger partial charge in [0.05, 0.1) is 13.0 Å². The van der Waals surface area contributed by atoms with Gasteiger partial charge in [0.1, 0.15) is 29.7 Å². The van der Waals surface area contributed by atoms with Gasteiger partial charge in [0.15, 0.2) is 11.5 Å². The van der Waals surface area contributed by atoms with E-state index in [0.29, 0.717) is 28.9 Å². The van der Waals surface area contributed by atoms with Gasteiger partial charge < -0.3 is 25.1 Å². The summed E-state index contributed by atoms with van der Waals surface area (Å²) in [6.07, 6.45) is 0. The Labute approximate surface area is 184 Å².